The molecule has 1 aromatic carbocycles. The zero-order valence-corrected chi connectivity index (χ0v) is 8.71. The Morgan fingerprint density at radius 2 is 2.00 bits per heavy atom. The fourth-order valence-electron chi connectivity index (χ4n) is 2.15. The Morgan fingerprint density at radius 1 is 1.27 bits per heavy atom. The highest BCUT2D eigenvalue weighted by molar-refractivity contribution is 5.15. The topological polar surface area (TPSA) is 43.7 Å². The van der Waals surface area contributed by atoms with Gasteiger partial charge in [-0.05, 0) is 12.0 Å². The molecule has 0 spiro atoms. The number of nitrogens with zero attached hydrogens (tertiary/aromatic N) is 1. The van der Waals surface area contributed by atoms with Crippen molar-refractivity contribution in [2.45, 2.75) is 25.1 Å². The average Bonchev–Trinajstić information content (AvgIpc) is 2.61. The lowest BCUT2D eigenvalue weighted by Gasteiger charge is -2.24. The maximum absolute atomic E-state index is 9.64. The lowest BCUT2D eigenvalue weighted by molar-refractivity contribution is 0.0683. The molecule has 1 saturated heterocycles. The normalized spacial score (nSPS) is 27.1. The summed E-state index contributed by atoms with van der Waals surface area (Å²) in [4.78, 5) is 2.14. The maximum atomic E-state index is 9.64. The Morgan fingerprint density at radius 3 is 2.67 bits per heavy atom. The van der Waals surface area contributed by atoms with Crippen molar-refractivity contribution in [1.29, 1.82) is 0 Å². The van der Waals surface area contributed by atoms with Crippen LogP contribution in [0.25, 0.3) is 0 Å². The standard InChI is InChI=1S/C12H17NO2/c14-9-11-12(15)6-7-13(11)8-10-4-2-1-3-5-10/h1-5,11-12,14-15H,6-9H2/t11-,12+/m1/s1. The number of benzene rings is 1. The van der Waals surface area contributed by atoms with Crippen LogP contribution in [0.1, 0.15) is 12.0 Å². The molecule has 1 aliphatic rings. The second kappa shape index (κ2) is 4.75. The monoisotopic (exact) mass is 207 g/mol. The summed E-state index contributed by atoms with van der Waals surface area (Å²) >= 11 is 0. The molecule has 1 aliphatic heterocycles. The third kappa shape index (κ3) is 2.37. The lowest BCUT2D eigenvalue weighted by atomic mass is 10.1. The first kappa shape index (κ1) is 10.6. The van der Waals surface area contributed by atoms with Gasteiger partial charge in [0.05, 0.1) is 18.8 Å². The summed E-state index contributed by atoms with van der Waals surface area (Å²) < 4.78 is 0. The van der Waals surface area contributed by atoms with Gasteiger partial charge in [-0.1, -0.05) is 30.3 Å². The van der Waals surface area contributed by atoms with Crippen molar-refractivity contribution < 1.29 is 10.2 Å². The molecule has 0 radical (unpaired) electrons. The summed E-state index contributed by atoms with van der Waals surface area (Å²) in [7, 11) is 0. The van der Waals surface area contributed by atoms with Gasteiger partial charge in [-0.25, -0.2) is 0 Å². The van der Waals surface area contributed by atoms with Gasteiger partial charge in [0, 0.05) is 13.1 Å². The number of aliphatic hydroxyl groups excluding tert-OH is 2. The van der Waals surface area contributed by atoms with Crippen molar-refractivity contribution in [3.63, 3.8) is 0 Å². The van der Waals surface area contributed by atoms with E-state index in [9.17, 15) is 10.2 Å². The van der Waals surface area contributed by atoms with E-state index >= 15 is 0 Å². The molecule has 3 nitrogen and oxygen atoms in total. The van der Waals surface area contributed by atoms with Gasteiger partial charge in [-0.15, -0.1) is 0 Å². The Labute approximate surface area is 90.0 Å². The van der Waals surface area contributed by atoms with E-state index in [4.69, 9.17) is 0 Å². The molecular weight excluding hydrogens is 190 g/mol. The third-order valence-corrected chi connectivity index (χ3v) is 3.04. The fourth-order valence-corrected chi connectivity index (χ4v) is 2.15. The highest BCUT2D eigenvalue weighted by Crippen LogP contribution is 2.20. The quantitative estimate of drug-likeness (QED) is 0.763. The van der Waals surface area contributed by atoms with Crippen LogP contribution < -0.4 is 0 Å². The van der Waals surface area contributed by atoms with Gasteiger partial charge in [0.2, 0.25) is 0 Å². The molecular formula is C12H17NO2. The molecule has 0 unspecified atom stereocenters. The van der Waals surface area contributed by atoms with Gasteiger partial charge < -0.3 is 10.2 Å². The molecule has 1 fully saturated rings. The summed E-state index contributed by atoms with van der Waals surface area (Å²) in [6, 6.07) is 10.1. The van der Waals surface area contributed by atoms with Crippen LogP contribution in [0.2, 0.25) is 0 Å². The van der Waals surface area contributed by atoms with Crippen molar-refractivity contribution >= 4 is 0 Å². The van der Waals surface area contributed by atoms with E-state index in [1.54, 1.807) is 0 Å². The predicted octanol–water partition coefficient (Wildman–Crippen LogP) is 0.614. The smallest absolute Gasteiger partial charge is 0.0730 e. The first-order valence-electron chi connectivity index (χ1n) is 5.38. The molecule has 3 heteroatoms. The molecule has 2 rings (SSSR count). The van der Waals surface area contributed by atoms with E-state index in [0.717, 1.165) is 19.5 Å². The van der Waals surface area contributed by atoms with E-state index in [2.05, 4.69) is 17.0 Å². The van der Waals surface area contributed by atoms with E-state index in [-0.39, 0.29) is 18.8 Å². The highest BCUT2D eigenvalue weighted by Gasteiger charge is 2.31. The molecule has 2 N–H and O–H groups in total. The van der Waals surface area contributed by atoms with Gasteiger partial charge in [0.15, 0.2) is 0 Å². The molecule has 15 heavy (non-hydrogen) atoms. The Hall–Kier alpha value is -0.900. The minimum atomic E-state index is -0.376. The second-order valence-corrected chi connectivity index (χ2v) is 4.06. The summed E-state index contributed by atoms with van der Waals surface area (Å²) in [5, 5.41) is 18.8. The summed E-state index contributed by atoms with van der Waals surface area (Å²) in [6.45, 7) is 1.71. The number of hydrogen-bond donors (Lipinski definition) is 2. The minimum Gasteiger partial charge on any atom is -0.395 e. The highest BCUT2D eigenvalue weighted by atomic mass is 16.3. The van der Waals surface area contributed by atoms with Crippen LogP contribution in [0.4, 0.5) is 0 Å². The second-order valence-electron chi connectivity index (χ2n) is 4.06. The Kier molecular flexibility index (Phi) is 3.36. The zero-order chi connectivity index (χ0) is 10.7. The first-order valence-corrected chi connectivity index (χ1v) is 5.38. The first-order chi connectivity index (χ1) is 7.31. The molecule has 1 aromatic rings. The summed E-state index contributed by atoms with van der Waals surface area (Å²) in [6.07, 6.45) is 0.386. The predicted molar refractivity (Wildman–Crippen MR) is 58.3 cm³/mol. The SMILES string of the molecule is OC[C@@H]1[C@@H](O)CCN1Cc1ccccc1. The molecule has 0 aliphatic carbocycles. The van der Waals surface area contributed by atoms with Crippen LogP contribution >= 0.6 is 0 Å². The van der Waals surface area contributed by atoms with Crippen molar-refractivity contribution in [2.75, 3.05) is 13.2 Å². The van der Waals surface area contributed by atoms with Crippen LogP contribution in [-0.2, 0) is 6.54 Å². The van der Waals surface area contributed by atoms with Gasteiger partial charge in [-0.2, -0.15) is 0 Å². The number of hydrogen-bond acceptors (Lipinski definition) is 3. The van der Waals surface area contributed by atoms with E-state index < -0.39 is 0 Å². The third-order valence-electron chi connectivity index (χ3n) is 3.04. The van der Waals surface area contributed by atoms with Crippen LogP contribution in [-0.4, -0.2) is 40.4 Å². The number of rotatable bonds is 3. The van der Waals surface area contributed by atoms with Gasteiger partial charge in [-0.3, -0.25) is 4.90 Å². The Balaban J connectivity index is 2.00. The largest absolute Gasteiger partial charge is 0.395 e. The summed E-state index contributed by atoms with van der Waals surface area (Å²) in [5.41, 5.74) is 1.23. The number of aliphatic hydroxyl groups is 2. The zero-order valence-electron chi connectivity index (χ0n) is 8.71. The minimum absolute atomic E-state index is 0.0357. The fraction of sp³-hybridized carbons (Fsp3) is 0.500. The molecule has 82 valence electrons. The summed E-state index contributed by atoms with van der Waals surface area (Å²) in [5.74, 6) is 0. The van der Waals surface area contributed by atoms with E-state index in [0.29, 0.717) is 0 Å². The van der Waals surface area contributed by atoms with Crippen LogP contribution in [0.3, 0.4) is 0 Å². The van der Waals surface area contributed by atoms with Crippen LogP contribution in [0, 0.1) is 0 Å². The molecule has 0 bridgehead atoms. The maximum Gasteiger partial charge on any atom is 0.0730 e. The lowest BCUT2D eigenvalue weighted by Crippen LogP contribution is -2.37. The Bertz CT molecular complexity index is 302. The molecule has 0 saturated carbocycles. The van der Waals surface area contributed by atoms with E-state index in [1.165, 1.54) is 5.56 Å². The molecule has 0 aromatic heterocycles. The van der Waals surface area contributed by atoms with Crippen molar-refractivity contribution in [3.8, 4) is 0 Å². The van der Waals surface area contributed by atoms with Gasteiger partial charge >= 0.3 is 0 Å². The van der Waals surface area contributed by atoms with E-state index in [1.807, 2.05) is 18.2 Å². The van der Waals surface area contributed by atoms with Crippen LogP contribution in [0.15, 0.2) is 30.3 Å². The van der Waals surface area contributed by atoms with Crippen molar-refractivity contribution in [2.24, 2.45) is 0 Å². The molecule has 2 atom stereocenters. The number of likely N-dealkylation sites (tertiary alicyclic amines) is 1. The van der Waals surface area contributed by atoms with Crippen molar-refractivity contribution in [3.05, 3.63) is 35.9 Å². The van der Waals surface area contributed by atoms with Crippen molar-refractivity contribution in [1.82, 2.24) is 4.90 Å². The molecule has 0 amide bonds. The average molecular weight is 207 g/mol. The van der Waals surface area contributed by atoms with Crippen LogP contribution in [0.5, 0.6) is 0 Å². The van der Waals surface area contributed by atoms with Gasteiger partial charge in [0.1, 0.15) is 0 Å². The van der Waals surface area contributed by atoms with Gasteiger partial charge in [0.25, 0.3) is 0 Å². The molecule has 1 heterocycles.